The van der Waals surface area contributed by atoms with E-state index in [1.54, 1.807) is 23.0 Å². The third-order valence-corrected chi connectivity index (χ3v) is 5.60. The molecule has 0 aliphatic heterocycles. The molecule has 0 unspecified atom stereocenters. The fourth-order valence-electron chi connectivity index (χ4n) is 2.40. The van der Waals surface area contributed by atoms with Gasteiger partial charge in [0.15, 0.2) is 4.34 Å². The lowest BCUT2D eigenvalue weighted by atomic mass is 10.2. The zero-order valence-electron chi connectivity index (χ0n) is 13.4. The number of hydrogen-bond acceptors (Lipinski definition) is 7. The van der Waals surface area contributed by atoms with Crippen molar-refractivity contribution in [3.63, 3.8) is 0 Å². The molecule has 7 nitrogen and oxygen atoms in total. The van der Waals surface area contributed by atoms with Crippen molar-refractivity contribution in [2.45, 2.75) is 22.5 Å². The lowest BCUT2D eigenvalue weighted by molar-refractivity contribution is 0.0697. The largest absolute Gasteiger partial charge is 0.478 e. The van der Waals surface area contributed by atoms with Crippen molar-refractivity contribution in [2.24, 2.45) is 0 Å². The average Bonchev–Trinajstić information content (AvgIpc) is 3.26. The maximum atomic E-state index is 11.1. The van der Waals surface area contributed by atoms with E-state index in [4.69, 9.17) is 5.11 Å². The summed E-state index contributed by atoms with van der Waals surface area (Å²) >= 11 is 2.74. The van der Waals surface area contributed by atoms with Gasteiger partial charge in [-0.25, -0.2) is 9.78 Å². The highest BCUT2D eigenvalue weighted by Crippen LogP contribution is 2.32. The van der Waals surface area contributed by atoms with Crippen LogP contribution in [0, 0.1) is 0 Å². The van der Waals surface area contributed by atoms with E-state index in [1.807, 2.05) is 18.2 Å². The first-order valence-electron chi connectivity index (χ1n) is 7.81. The summed E-state index contributed by atoms with van der Waals surface area (Å²) in [6, 6.07) is 15.0. The van der Waals surface area contributed by atoms with Crippen LogP contribution in [0.15, 0.2) is 58.0 Å². The van der Waals surface area contributed by atoms with Crippen molar-refractivity contribution in [2.75, 3.05) is 0 Å². The van der Waals surface area contributed by atoms with Gasteiger partial charge in [-0.15, -0.1) is 21.5 Å². The van der Waals surface area contributed by atoms with Gasteiger partial charge in [-0.2, -0.15) is 4.80 Å². The molecule has 0 spiro atoms. The number of hydrogen-bond donors (Lipinski definition) is 1. The van der Waals surface area contributed by atoms with E-state index in [-0.39, 0.29) is 5.56 Å². The number of aromatic nitrogens is 5. The molecule has 1 N–H and O–H groups in total. The van der Waals surface area contributed by atoms with Crippen molar-refractivity contribution < 1.29 is 9.90 Å². The highest BCUT2D eigenvalue weighted by molar-refractivity contribution is 8.01. The summed E-state index contributed by atoms with van der Waals surface area (Å²) in [5.41, 5.74) is 2.24. The molecule has 0 bridgehead atoms. The number of benzene rings is 2. The second-order valence-electron chi connectivity index (χ2n) is 5.47. The molecule has 0 saturated carbocycles. The van der Waals surface area contributed by atoms with Crippen LogP contribution in [0.1, 0.15) is 15.9 Å². The Hall–Kier alpha value is -2.78. The molecule has 130 valence electrons. The SMILES string of the molecule is O=C(O)c1ccc2nc(Sc3nnn(CCc4ccccc4)n3)sc2c1. The normalized spacial score (nSPS) is 11.1. The summed E-state index contributed by atoms with van der Waals surface area (Å²) in [5, 5.41) is 22.1. The highest BCUT2D eigenvalue weighted by atomic mass is 32.2. The topological polar surface area (TPSA) is 93.8 Å². The zero-order valence-corrected chi connectivity index (χ0v) is 15.1. The molecule has 0 fully saturated rings. The van der Waals surface area contributed by atoms with Gasteiger partial charge in [-0.1, -0.05) is 30.3 Å². The highest BCUT2D eigenvalue weighted by Gasteiger charge is 2.12. The summed E-state index contributed by atoms with van der Waals surface area (Å²) in [5.74, 6) is -0.947. The maximum absolute atomic E-state index is 11.1. The van der Waals surface area contributed by atoms with E-state index in [0.717, 1.165) is 21.0 Å². The fourth-order valence-corrected chi connectivity index (χ4v) is 4.30. The predicted octanol–water partition coefficient (Wildman–Crippen LogP) is 3.37. The first kappa shape index (κ1) is 16.7. The number of tetrazole rings is 1. The van der Waals surface area contributed by atoms with Gasteiger partial charge in [0.25, 0.3) is 0 Å². The Bertz CT molecular complexity index is 1060. The molecular weight excluding hydrogens is 370 g/mol. The van der Waals surface area contributed by atoms with Crippen molar-refractivity contribution in [3.8, 4) is 0 Å². The Morgan fingerprint density at radius 3 is 2.85 bits per heavy atom. The quantitative estimate of drug-likeness (QED) is 0.545. The summed E-state index contributed by atoms with van der Waals surface area (Å²) in [6.07, 6.45) is 0.834. The molecule has 0 amide bonds. The van der Waals surface area contributed by atoms with Gasteiger partial charge in [0, 0.05) is 0 Å². The van der Waals surface area contributed by atoms with E-state index in [2.05, 4.69) is 32.5 Å². The van der Waals surface area contributed by atoms with Crippen LogP contribution >= 0.6 is 23.1 Å². The Morgan fingerprint density at radius 2 is 2.04 bits per heavy atom. The summed E-state index contributed by atoms with van der Waals surface area (Å²) < 4.78 is 1.58. The Kier molecular flexibility index (Phi) is 4.63. The summed E-state index contributed by atoms with van der Waals surface area (Å²) in [4.78, 5) is 17.1. The molecule has 2 heterocycles. The number of carboxylic acids is 1. The molecule has 0 saturated heterocycles. The van der Waals surface area contributed by atoms with E-state index in [9.17, 15) is 4.79 Å². The van der Waals surface area contributed by atoms with Gasteiger partial charge >= 0.3 is 5.97 Å². The lowest BCUT2D eigenvalue weighted by Crippen LogP contribution is -2.05. The number of fused-ring (bicyclic) bond motifs is 1. The van der Waals surface area contributed by atoms with Gasteiger partial charge in [0.1, 0.15) is 0 Å². The van der Waals surface area contributed by atoms with Crippen molar-refractivity contribution >= 4 is 39.3 Å². The number of thiazole rings is 1. The van der Waals surface area contributed by atoms with E-state index < -0.39 is 5.97 Å². The molecule has 0 atom stereocenters. The fraction of sp³-hybridized carbons (Fsp3) is 0.118. The second kappa shape index (κ2) is 7.22. The van der Waals surface area contributed by atoms with E-state index in [1.165, 1.54) is 28.7 Å². The molecule has 4 aromatic rings. The van der Waals surface area contributed by atoms with E-state index >= 15 is 0 Å². The second-order valence-corrected chi connectivity index (χ2v) is 7.72. The molecule has 9 heteroatoms. The zero-order chi connectivity index (χ0) is 17.9. The van der Waals surface area contributed by atoms with Crippen LogP contribution in [0.3, 0.4) is 0 Å². The first-order chi connectivity index (χ1) is 12.7. The number of nitrogens with zero attached hydrogens (tertiary/aromatic N) is 5. The molecule has 0 aliphatic rings. The standard InChI is InChI=1S/C17H13N5O2S2/c23-15(24)12-6-7-13-14(10-12)25-17(18-13)26-16-19-21-22(20-16)9-8-11-4-2-1-3-5-11/h1-7,10H,8-9H2,(H,23,24). The molecular formula is C17H13N5O2S2. The van der Waals surface area contributed by atoms with Crippen LogP contribution in [0.2, 0.25) is 0 Å². The van der Waals surface area contributed by atoms with Gasteiger partial charge in [0.2, 0.25) is 5.16 Å². The Morgan fingerprint density at radius 1 is 1.19 bits per heavy atom. The molecule has 2 aromatic heterocycles. The number of aryl methyl sites for hydroxylation is 2. The van der Waals surface area contributed by atoms with Gasteiger partial charge in [-0.05, 0) is 47.2 Å². The Balaban J connectivity index is 1.45. The van der Waals surface area contributed by atoms with Gasteiger partial charge < -0.3 is 5.11 Å². The van der Waals surface area contributed by atoms with Gasteiger partial charge in [-0.3, -0.25) is 0 Å². The molecule has 2 aromatic carbocycles. The minimum absolute atomic E-state index is 0.252. The van der Waals surface area contributed by atoms with Crippen LogP contribution < -0.4 is 0 Å². The first-order valence-corrected chi connectivity index (χ1v) is 9.44. The smallest absolute Gasteiger partial charge is 0.335 e. The minimum atomic E-state index is -0.947. The summed E-state index contributed by atoms with van der Waals surface area (Å²) in [6.45, 7) is 0.652. The van der Waals surface area contributed by atoms with Gasteiger partial charge in [0.05, 0.1) is 22.3 Å². The lowest BCUT2D eigenvalue weighted by Gasteiger charge is -1.98. The van der Waals surface area contributed by atoms with Crippen LogP contribution in [0.5, 0.6) is 0 Å². The number of carboxylic acid groups (broad SMARTS) is 1. The third kappa shape index (κ3) is 3.73. The molecule has 0 aliphatic carbocycles. The Labute approximate surface area is 156 Å². The monoisotopic (exact) mass is 383 g/mol. The van der Waals surface area contributed by atoms with Crippen LogP contribution in [-0.4, -0.2) is 36.3 Å². The van der Waals surface area contributed by atoms with E-state index in [0.29, 0.717) is 11.7 Å². The third-order valence-electron chi connectivity index (χ3n) is 3.67. The number of aromatic carboxylic acids is 1. The maximum Gasteiger partial charge on any atom is 0.335 e. The van der Waals surface area contributed by atoms with Crippen LogP contribution in [-0.2, 0) is 13.0 Å². The van der Waals surface area contributed by atoms with Crippen LogP contribution in [0.4, 0.5) is 0 Å². The average molecular weight is 383 g/mol. The number of carbonyl (C=O) groups is 1. The summed E-state index contributed by atoms with van der Waals surface area (Å²) in [7, 11) is 0. The minimum Gasteiger partial charge on any atom is -0.478 e. The predicted molar refractivity (Wildman–Crippen MR) is 98.7 cm³/mol. The van der Waals surface area contributed by atoms with Crippen molar-refractivity contribution in [1.82, 2.24) is 25.2 Å². The van der Waals surface area contributed by atoms with Crippen molar-refractivity contribution in [1.29, 1.82) is 0 Å². The van der Waals surface area contributed by atoms with Crippen molar-refractivity contribution in [3.05, 3.63) is 59.7 Å². The van der Waals surface area contributed by atoms with Crippen LogP contribution in [0.25, 0.3) is 10.2 Å². The molecule has 4 rings (SSSR count). The number of rotatable bonds is 6. The molecule has 0 radical (unpaired) electrons. The molecule has 26 heavy (non-hydrogen) atoms.